The highest BCUT2D eigenvalue weighted by atomic mass is 79.9. The molecular weight excluding hydrogens is 458 g/mol. The zero-order valence-corrected chi connectivity index (χ0v) is 14.9. The Morgan fingerprint density at radius 1 is 1.16 bits per heavy atom. The van der Waals surface area contributed by atoms with Crippen LogP contribution in [0.25, 0.3) is 10.9 Å². The van der Waals surface area contributed by atoms with Gasteiger partial charge in [0.05, 0.1) is 8.66 Å². The van der Waals surface area contributed by atoms with E-state index in [0.717, 1.165) is 23.6 Å². The monoisotopic (exact) mass is 461 g/mol. The summed E-state index contributed by atoms with van der Waals surface area (Å²) in [5.74, 6) is 0.0285. The number of benzene rings is 1. The lowest BCUT2D eigenvalue weighted by molar-refractivity contribution is 0.104. The molecule has 19 heavy (non-hydrogen) atoms. The van der Waals surface area contributed by atoms with Gasteiger partial charge in [0.1, 0.15) is 0 Å². The third-order valence-electron chi connectivity index (χ3n) is 2.76. The number of hydrogen-bond donors (Lipinski definition) is 1. The average Bonchev–Trinajstić information content (AvgIpc) is 2.93. The van der Waals surface area contributed by atoms with Crippen molar-refractivity contribution in [2.75, 3.05) is 0 Å². The fourth-order valence-corrected chi connectivity index (χ4v) is 4.22. The van der Waals surface area contributed by atoms with Crippen LogP contribution in [0, 0.1) is 0 Å². The summed E-state index contributed by atoms with van der Waals surface area (Å²) in [6.45, 7) is 0. The quantitative estimate of drug-likeness (QED) is 0.482. The van der Waals surface area contributed by atoms with Crippen LogP contribution < -0.4 is 0 Å². The first kappa shape index (κ1) is 13.5. The van der Waals surface area contributed by atoms with Gasteiger partial charge in [0, 0.05) is 31.6 Å². The van der Waals surface area contributed by atoms with Gasteiger partial charge in [-0.2, -0.15) is 0 Å². The molecule has 0 unspecified atom stereocenters. The number of H-pyrrole nitrogens is 1. The first-order chi connectivity index (χ1) is 9.06. The van der Waals surface area contributed by atoms with E-state index in [1.165, 1.54) is 11.3 Å². The van der Waals surface area contributed by atoms with E-state index in [2.05, 4.69) is 52.8 Å². The van der Waals surface area contributed by atoms with E-state index >= 15 is 0 Å². The Bertz CT molecular complexity index is 771. The molecule has 3 rings (SSSR count). The van der Waals surface area contributed by atoms with Gasteiger partial charge >= 0.3 is 0 Å². The topological polar surface area (TPSA) is 32.9 Å². The van der Waals surface area contributed by atoms with Gasteiger partial charge in [-0.3, -0.25) is 4.79 Å². The molecular formula is C13H6Br3NOS. The summed E-state index contributed by atoms with van der Waals surface area (Å²) in [6, 6.07) is 7.70. The molecule has 0 bridgehead atoms. The lowest BCUT2D eigenvalue weighted by atomic mass is 10.1. The second kappa shape index (κ2) is 5.16. The van der Waals surface area contributed by atoms with Gasteiger partial charge in [0.2, 0.25) is 5.78 Å². The molecule has 96 valence electrons. The molecule has 0 aliphatic heterocycles. The lowest BCUT2D eigenvalue weighted by Crippen LogP contribution is -1.96. The maximum atomic E-state index is 12.5. The maximum absolute atomic E-state index is 12.5. The summed E-state index contributed by atoms with van der Waals surface area (Å²) in [5.41, 5.74) is 1.65. The zero-order valence-electron chi connectivity index (χ0n) is 9.34. The van der Waals surface area contributed by atoms with E-state index in [9.17, 15) is 4.79 Å². The van der Waals surface area contributed by atoms with E-state index in [1.54, 1.807) is 6.20 Å². The molecule has 1 N–H and O–H groups in total. The second-order valence-corrected chi connectivity index (χ2v) is 8.09. The Hall–Kier alpha value is -0.430. The fraction of sp³-hybridized carbons (Fsp3) is 0. The number of ketones is 1. The van der Waals surface area contributed by atoms with Crippen molar-refractivity contribution in [2.24, 2.45) is 0 Å². The van der Waals surface area contributed by atoms with Crippen LogP contribution in [0.4, 0.5) is 0 Å². The van der Waals surface area contributed by atoms with Crippen molar-refractivity contribution in [3.8, 4) is 0 Å². The minimum absolute atomic E-state index is 0.0285. The van der Waals surface area contributed by atoms with Crippen LogP contribution in [0.2, 0.25) is 0 Å². The molecule has 0 saturated carbocycles. The average molecular weight is 464 g/mol. The van der Waals surface area contributed by atoms with Gasteiger partial charge in [-0.25, -0.2) is 0 Å². The third-order valence-corrected chi connectivity index (χ3v) is 6.51. The van der Waals surface area contributed by atoms with E-state index in [1.807, 2.05) is 24.3 Å². The first-order valence-electron chi connectivity index (χ1n) is 5.32. The molecule has 0 atom stereocenters. The molecule has 3 aromatic rings. The van der Waals surface area contributed by atoms with Crippen LogP contribution in [0.15, 0.2) is 43.2 Å². The zero-order chi connectivity index (χ0) is 13.6. The molecule has 0 aliphatic rings. The molecule has 1 aromatic carbocycles. The molecule has 0 saturated heterocycles. The van der Waals surface area contributed by atoms with Crippen molar-refractivity contribution in [1.29, 1.82) is 0 Å². The summed E-state index contributed by atoms with van der Waals surface area (Å²) in [7, 11) is 0. The summed E-state index contributed by atoms with van der Waals surface area (Å²) >= 11 is 11.7. The van der Waals surface area contributed by atoms with Crippen LogP contribution in [-0.4, -0.2) is 10.8 Å². The number of aromatic amines is 1. The van der Waals surface area contributed by atoms with Gasteiger partial charge < -0.3 is 4.98 Å². The molecule has 0 amide bonds. The second-order valence-electron chi connectivity index (χ2n) is 3.95. The van der Waals surface area contributed by atoms with Crippen molar-refractivity contribution in [3.63, 3.8) is 0 Å². The lowest BCUT2D eigenvalue weighted by Gasteiger charge is -1.97. The number of carbonyl (C=O) groups is 1. The number of fused-ring (bicyclic) bond motifs is 1. The highest BCUT2D eigenvalue weighted by molar-refractivity contribution is 9.13. The van der Waals surface area contributed by atoms with E-state index in [0.29, 0.717) is 10.4 Å². The Morgan fingerprint density at radius 3 is 2.63 bits per heavy atom. The smallest absolute Gasteiger partial charge is 0.205 e. The molecule has 2 nitrogen and oxygen atoms in total. The minimum Gasteiger partial charge on any atom is -0.360 e. The maximum Gasteiger partial charge on any atom is 0.205 e. The van der Waals surface area contributed by atoms with Crippen molar-refractivity contribution in [3.05, 3.63) is 53.6 Å². The number of nitrogens with one attached hydrogen (secondary N) is 1. The molecule has 6 heteroatoms. The van der Waals surface area contributed by atoms with Gasteiger partial charge in [-0.05, 0) is 56.1 Å². The van der Waals surface area contributed by atoms with E-state index in [-0.39, 0.29) is 5.78 Å². The normalized spacial score (nSPS) is 11.1. The standard InChI is InChI=1S/C13H6Br3NOS/c14-6-1-2-10-7(3-6)8(5-17-10)12(18)11-4-9(15)13(16)19-11/h1-5,17H. The van der Waals surface area contributed by atoms with Crippen LogP contribution in [-0.2, 0) is 0 Å². The first-order valence-corrected chi connectivity index (χ1v) is 8.52. The molecule has 0 aliphatic carbocycles. The molecule has 0 spiro atoms. The SMILES string of the molecule is O=C(c1cc(Br)c(Br)s1)c1c[nH]c2ccc(Br)cc12. The number of carbonyl (C=O) groups excluding carboxylic acids is 1. The number of aromatic nitrogens is 1. The highest BCUT2D eigenvalue weighted by Crippen LogP contribution is 2.34. The third kappa shape index (κ3) is 2.46. The summed E-state index contributed by atoms with van der Waals surface area (Å²) in [5, 5.41) is 0.931. The number of hydrogen-bond acceptors (Lipinski definition) is 2. The van der Waals surface area contributed by atoms with E-state index in [4.69, 9.17) is 0 Å². The molecule has 2 heterocycles. The van der Waals surface area contributed by atoms with Crippen molar-refractivity contribution < 1.29 is 4.79 Å². The van der Waals surface area contributed by atoms with E-state index < -0.39 is 0 Å². The summed E-state index contributed by atoms with van der Waals surface area (Å²) < 4.78 is 2.79. The molecule has 2 aromatic heterocycles. The Kier molecular flexibility index (Phi) is 3.68. The van der Waals surface area contributed by atoms with Crippen LogP contribution in [0.1, 0.15) is 15.2 Å². The number of thiophene rings is 1. The highest BCUT2D eigenvalue weighted by Gasteiger charge is 2.17. The largest absolute Gasteiger partial charge is 0.360 e. The number of rotatable bonds is 2. The fourth-order valence-electron chi connectivity index (χ4n) is 1.87. The van der Waals surface area contributed by atoms with Crippen LogP contribution in [0.3, 0.4) is 0 Å². The van der Waals surface area contributed by atoms with Gasteiger partial charge in [0.15, 0.2) is 0 Å². The number of halogens is 3. The van der Waals surface area contributed by atoms with Crippen molar-refractivity contribution in [2.45, 2.75) is 0 Å². The minimum atomic E-state index is 0.0285. The summed E-state index contributed by atoms with van der Waals surface area (Å²) in [4.78, 5) is 16.4. The Morgan fingerprint density at radius 2 is 1.95 bits per heavy atom. The Labute approximate surface area is 138 Å². The van der Waals surface area contributed by atoms with Crippen LogP contribution >= 0.6 is 59.1 Å². The molecule has 0 fully saturated rings. The predicted molar refractivity (Wildman–Crippen MR) is 89.2 cm³/mol. The molecule has 0 radical (unpaired) electrons. The van der Waals surface area contributed by atoms with Crippen molar-refractivity contribution >= 4 is 75.8 Å². The van der Waals surface area contributed by atoms with Crippen LogP contribution in [0.5, 0.6) is 0 Å². The van der Waals surface area contributed by atoms with Gasteiger partial charge in [0.25, 0.3) is 0 Å². The van der Waals surface area contributed by atoms with Gasteiger partial charge in [-0.1, -0.05) is 15.9 Å². The summed E-state index contributed by atoms with van der Waals surface area (Å²) in [6.07, 6.45) is 1.76. The Balaban J connectivity index is 2.13. The predicted octanol–water partition coefficient (Wildman–Crippen LogP) is 5.75. The van der Waals surface area contributed by atoms with Crippen molar-refractivity contribution in [1.82, 2.24) is 4.98 Å². The van der Waals surface area contributed by atoms with Gasteiger partial charge in [-0.15, -0.1) is 11.3 Å².